The molecule has 1 aliphatic rings. The summed E-state index contributed by atoms with van der Waals surface area (Å²) in [6, 6.07) is 5.19. The lowest BCUT2D eigenvalue weighted by Crippen LogP contribution is -2.23. The van der Waals surface area contributed by atoms with Crippen molar-refractivity contribution in [2.24, 2.45) is 5.92 Å². The smallest absolute Gasteiger partial charge is 0.406 e. The van der Waals surface area contributed by atoms with Gasteiger partial charge in [0.25, 0.3) is 5.91 Å². The van der Waals surface area contributed by atoms with Crippen LogP contribution in [0.25, 0.3) is 0 Å². The number of nitrogens with one attached hydrogen (secondary N) is 2. The fourth-order valence-electron chi connectivity index (χ4n) is 3.15. The number of amides is 2. The van der Waals surface area contributed by atoms with Gasteiger partial charge in [-0.1, -0.05) is 28.7 Å². The van der Waals surface area contributed by atoms with Gasteiger partial charge in [0.2, 0.25) is 11.0 Å². The Bertz CT molecular complexity index is 1210. The van der Waals surface area contributed by atoms with E-state index in [1.165, 1.54) is 34.3 Å². The van der Waals surface area contributed by atoms with Crippen molar-refractivity contribution in [3.05, 3.63) is 46.7 Å². The van der Waals surface area contributed by atoms with Crippen LogP contribution >= 0.6 is 11.3 Å². The molecule has 2 aromatic heterocycles. The highest BCUT2D eigenvalue weighted by atomic mass is 32.1. The maximum atomic E-state index is 14.4. The molecule has 0 spiro atoms. The summed E-state index contributed by atoms with van der Waals surface area (Å²) in [7, 11) is 0. The van der Waals surface area contributed by atoms with Crippen LogP contribution in [0.1, 0.15) is 40.3 Å². The standard InChI is InChI=1S/C21H21F4N7O3S/c22-14(6-7-17-29-30-20(36-17)27-18(33)13-4-5-13)10-32-11-16(28-31-32)19(34)26-9-12-2-1-3-15(8-12)35-21(23,24)25/h1-3,8,11,13-14H,4-7,9-10H2,(H,26,34)(H,27,30,33). The Hall–Kier alpha value is -3.62. The zero-order valence-electron chi connectivity index (χ0n) is 18.7. The molecule has 1 aromatic carbocycles. The van der Waals surface area contributed by atoms with E-state index in [2.05, 4.69) is 35.9 Å². The number of carbonyl (C=O) groups excluding carboxylic acids is 2. The molecule has 4 rings (SSSR count). The highest BCUT2D eigenvalue weighted by Crippen LogP contribution is 2.30. The average Bonchev–Trinajstić information content (AvgIpc) is 3.41. The molecule has 192 valence electrons. The molecule has 0 aliphatic heterocycles. The molecule has 15 heteroatoms. The minimum Gasteiger partial charge on any atom is -0.406 e. The first-order valence-electron chi connectivity index (χ1n) is 10.9. The summed E-state index contributed by atoms with van der Waals surface area (Å²) in [5.41, 5.74) is 0.318. The van der Waals surface area contributed by atoms with Crippen molar-refractivity contribution >= 4 is 28.3 Å². The Morgan fingerprint density at radius 1 is 1.22 bits per heavy atom. The molecule has 36 heavy (non-hydrogen) atoms. The summed E-state index contributed by atoms with van der Waals surface area (Å²) in [5.74, 6) is -1.04. The van der Waals surface area contributed by atoms with E-state index < -0.39 is 24.2 Å². The summed E-state index contributed by atoms with van der Waals surface area (Å²) in [4.78, 5) is 24.0. The summed E-state index contributed by atoms with van der Waals surface area (Å²) in [6.07, 6.45) is -2.64. The van der Waals surface area contributed by atoms with Crippen LogP contribution in [-0.4, -0.2) is 49.5 Å². The topological polar surface area (TPSA) is 124 Å². The Morgan fingerprint density at radius 3 is 2.78 bits per heavy atom. The highest BCUT2D eigenvalue weighted by Gasteiger charge is 2.31. The van der Waals surface area contributed by atoms with Crippen LogP contribution < -0.4 is 15.4 Å². The minimum absolute atomic E-state index is 0.0475. The molecule has 1 atom stereocenters. The minimum atomic E-state index is -4.82. The van der Waals surface area contributed by atoms with Crippen molar-refractivity contribution in [1.29, 1.82) is 0 Å². The molecule has 1 saturated carbocycles. The van der Waals surface area contributed by atoms with Crippen LogP contribution in [0.5, 0.6) is 5.75 Å². The fraction of sp³-hybridized carbons (Fsp3) is 0.429. The number of ether oxygens (including phenoxy) is 1. The third-order valence-corrected chi connectivity index (χ3v) is 5.96. The quantitative estimate of drug-likeness (QED) is 0.367. The largest absolute Gasteiger partial charge is 0.573 e. The second-order valence-electron chi connectivity index (χ2n) is 8.10. The van der Waals surface area contributed by atoms with Crippen molar-refractivity contribution in [2.45, 2.75) is 51.3 Å². The SMILES string of the molecule is O=C(NCc1cccc(OC(F)(F)F)c1)c1cn(CC(F)CCc2nnc(NC(=O)C3CC3)s2)nn1. The van der Waals surface area contributed by atoms with E-state index in [9.17, 15) is 27.2 Å². The first-order chi connectivity index (χ1) is 17.1. The maximum Gasteiger partial charge on any atom is 0.573 e. The second-order valence-corrected chi connectivity index (χ2v) is 9.17. The Balaban J connectivity index is 1.21. The zero-order valence-corrected chi connectivity index (χ0v) is 19.5. The van der Waals surface area contributed by atoms with Crippen LogP contribution in [0.4, 0.5) is 22.7 Å². The predicted octanol–water partition coefficient (Wildman–Crippen LogP) is 3.28. The number of alkyl halides is 4. The van der Waals surface area contributed by atoms with E-state index in [1.807, 2.05) is 0 Å². The molecule has 10 nitrogen and oxygen atoms in total. The van der Waals surface area contributed by atoms with Crippen LogP contribution in [0, 0.1) is 5.92 Å². The Labute approximate surface area is 206 Å². The molecular weight excluding hydrogens is 506 g/mol. The van der Waals surface area contributed by atoms with Gasteiger partial charge in [0.1, 0.15) is 16.9 Å². The third kappa shape index (κ3) is 7.69. The van der Waals surface area contributed by atoms with Crippen LogP contribution in [0.3, 0.4) is 0 Å². The second kappa shape index (κ2) is 11.0. The van der Waals surface area contributed by atoms with Crippen molar-refractivity contribution in [1.82, 2.24) is 30.5 Å². The molecule has 2 amide bonds. The van der Waals surface area contributed by atoms with Gasteiger partial charge in [0.15, 0.2) is 5.69 Å². The molecule has 2 N–H and O–H groups in total. The molecule has 1 fully saturated rings. The molecule has 3 aromatic rings. The van der Waals surface area contributed by atoms with Gasteiger partial charge in [0, 0.05) is 18.9 Å². The number of carbonyl (C=O) groups is 2. The molecule has 0 saturated heterocycles. The summed E-state index contributed by atoms with van der Waals surface area (Å²) in [6.45, 7) is -0.210. The van der Waals surface area contributed by atoms with E-state index in [-0.39, 0.29) is 37.0 Å². The van der Waals surface area contributed by atoms with Gasteiger partial charge < -0.3 is 15.4 Å². The van der Waals surface area contributed by atoms with Gasteiger partial charge in [-0.2, -0.15) is 0 Å². The Kier molecular flexibility index (Phi) is 7.76. The third-order valence-electron chi connectivity index (χ3n) is 5.06. The molecule has 1 unspecified atom stereocenters. The van der Waals surface area contributed by atoms with E-state index in [0.717, 1.165) is 25.0 Å². The van der Waals surface area contributed by atoms with Crippen LogP contribution in [-0.2, 0) is 24.3 Å². The number of aryl methyl sites for hydroxylation is 1. The van der Waals surface area contributed by atoms with Crippen molar-refractivity contribution in [3.8, 4) is 5.75 Å². The maximum absolute atomic E-state index is 14.4. The fourth-order valence-corrected chi connectivity index (χ4v) is 3.91. The molecule has 0 radical (unpaired) electrons. The van der Waals surface area contributed by atoms with Gasteiger partial charge in [-0.25, -0.2) is 9.07 Å². The summed E-state index contributed by atoms with van der Waals surface area (Å²) < 4.78 is 56.5. The highest BCUT2D eigenvalue weighted by molar-refractivity contribution is 7.15. The molecular formula is C21H21F4N7O3S. The lowest BCUT2D eigenvalue weighted by atomic mass is 10.2. The van der Waals surface area contributed by atoms with Gasteiger partial charge in [-0.15, -0.1) is 28.5 Å². The van der Waals surface area contributed by atoms with Gasteiger partial charge in [-0.05, 0) is 37.0 Å². The number of anilines is 1. The zero-order chi connectivity index (χ0) is 25.7. The first kappa shape index (κ1) is 25.5. The summed E-state index contributed by atoms with van der Waals surface area (Å²) in [5, 5.41) is 21.5. The number of hydrogen-bond donors (Lipinski definition) is 2. The normalized spacial score (nSPS) is 14.3. The van der Waals surface area contributed by atoms with E-state index in [1.54, 1.807) is 0 Å². The molecule has 0 bridgehead atoms. The Morgan fingerprint density at radius 2 is 2.03 bits per heavy atom. The average molecular weight is 528 g/mol. The number of hydrogen-bond acceptors (Lipinski definition) is 8. The lowest BCUT2D eigenvalue weighted by molar-refractivity contribution is -0.274. The van der Waals surface area contributed by atoms with Crippen molar-refractivity contribution in [2.75, 3.05) is 5.32 Å². The van der Waals surface area contributed by atoms with Crippen molar-refractivity contribution < 1.29 is 31.9 Å². The van der Waals surface area contributed by atoms with E-state index in [4.69, 9.17) is 0 Å². The van der Waals surface area contributed by atoms with Gasteiger partial charge >= 0.3 is 6.36 Å². The number of benzene rings is 1. The lowest BCUT2D eigenvalue weighted by Gasteiger charge is -2.10. The monoisotopic (exact) mass is 527 g/mol. The predicted molar refractivity (Wildman–Crippen MR) is 119 cm³/mol. The first-order valence-corrected chi connectivity index (χ1v) is 11.8. The van der Waals surface area contributed by atoms with Gasteiger partial charge in [-0.3, -0.25) is 9.59 Å². The van der Waals surface area contributed by atoms with E-state index >= 15 is 0 Å². The van der Waals surface area contributed by atoms with E-state index in [0.29, 0.717) is 22.1 Å². The number of nitrogens with zero attached hydrogens (tertiary/aromatic N) is 5. The number of rotatable bonds is 11. The number of aromatic nitrogens is 5. The van der Waals surface area contributed by atoms with Crippen LogP contribution in [0.2, 0.25) is 0 Å². The number of halogens is 4. The van der Waals surface area contributed by atoms with Crippen LogP contribution in [0.15, 0.2) is 30.5 Å². The molecule has 2 heterocycles. The van der Waals surface area contributed by atoms with Crippen molar-refractivity contribution in [3.63, 3.8) is 0 Å². The van der Waals surface area contributed by atoms with Gasteiger partial charge in [0.05, 0.1) is 12.7 Å². The molecule has 1 aliphatic carbocycles. The summed E-state index contributed by atoms with van der Waals surface area (Å²) >= 11 is 1.20.